The Labute approximate surface area is 172 Å². The molecular weight excluding hydrogens is 390 g/mol. The lowest BCUT2D eigenvalue weighted by atomic mass is 10.1. The molecule has 5 nitrogen and oxygen atoms in total. The molecule has 0 saturated heterocycles. The van der Waals surface area contributed by atoms with Gasteiger partial charge in [0, 0.05) is 11.9 Å². The van der Waals surface area contributed by atoms with Crippen LogP contribution >= 0.6 is 23.1 Å². The Bertz CT molecular complexity index is 1070. The summed E-state index contributed by atoms with van der Waals surface area (Å²) < 4.78 is 1.67. The number of thiophene rings is 1. The molecule has 2 aromatic heterocycles. The molecule has 28 heavy (non-hydrogen) atoms. The number of hydrogen-bond acceptors (Lipinski definition) is 5. The van der Waals surface area contributed by atoms with Crippen molar-refractivity contribution in [2.24, 2.45) is 0 Å². The van der Waals surface area contributed by atoms with Gasteiger partial charge in [-0.05, 0) is 50.3 Å². The molecule has 0 aliphatic heterocycles. The van der Waals surface area contributed by atoms with Crippen LogP contribution in [-0.2, 0) is 17.6 Å². The summed E-state index contributed by atoms with van der Waals surface area (Å²) in [6, 6.07) is 9.58. The van der Waals surface area contributed by atoms with Crippen LogP contribution in [0.3, 0.4) is 0 Å². The number of amides is 1. The lowest BCUT2D eigenvalue weighted by Crippen LogP contribution is -2.29. The predicted molar refractivity (Wildman–Crippen MR) is 116 cm³/mol. The van der Waals surface area contributed by atoms with E-state index in [4.69, 9.17) is 4.98 Å². The molecule has 146 valence electrons. The van der Waals surface area contributed by atoms with Crippen LogP contribution in [0.1, 0.15) is 36.6 Å². The van der Waals surface area contributed by atoms with Crippen molar-refractivity contribution in [3.05, 3.63) is 51.1 Å². The minimum absolute atomic E-state index is 0.0257. The van der Waals surface area contributed by atoms with Gasteiger partial charge in [-0.15, -0.1) is 11.3 Å². The molecule has 0 fully saturated rings. The topological polar surface area (TPSA) is 64.0 Å². The minimum atomic E-state index is -0.345. The lowest BCUT2D eigenvalue weighted by molar-refractivity contribution is -0.119. The highest BCUT2D eigenvalue weighted by Crippen LogP contribution is 2.35. The zero-order chi connectivity index (χ0) is 19.7. The molecule has 7 heteroatoms. The fourth-order valence-corrected chi connectivity index (χ4v) is 5.95. The zero-order valence-electron chi connectivity index (χ0n) is 16.0. The monoisotopic (exact) mass is 413 g/mol. The van der Waals surface area contributed by atoms with Crippen LogP contribution in [0.25, 0.3) is 15.9 Å². The number of carbonyl (C=O) groups is 1. The third-order valence-corrected chi connectivity index (χ3v) is 7.36. The highest BCUT2D eigenvalue weighted by Gasteiger charge is 2.24. The van der Waals surface area contributed by atoms with Crippen molar-refractivity contribution in [2.45, 2.75) is 49.4 Å². The average Bonchev–Trinajstić information content (AvgIpc) is 2.89. The third-order valence-electron chi connectivity index (χ3n) is 5.12. The number of nitrogens with one attached hydrogen (secondary N) is 1. The van der Waals surface area contributed by atoms with E-state index in [0.29, 0.717) is 5.16 Å². The number of para-hydroxylation sites is 1. The van der Waals surface area contributed by atoms with E-state index in [1.165, 1.54) is 35.0 Å². The SMILES string of the molecule is CNC(=O)C(C)Sc1nc2sc3c(c2c(=O)n1-c1ccccc1)CCCCC3. The van der Waals surface area contributed by atoms with Crippen LogP contribution in [0.2, 0.25) is 0 Å². The summed E-state index contributed by atoms with van der Waals surface area (Å²) in [4.78, 5) is 32.7. The zero-order valence-corrected chi connectivity index (χ0v) is 17.7. The molecule has 1 atom stereocenters. The first-order valence-electron chi connectivity index (χ1n) is 9.61. The average molecular weight is 414 g/mol. The van der Waals surface area contributed by atoms with Crippen LogP contribution < -0.4 is 10.9 Å². The Morgan fingerprint density at radius 2 is 1.96 bits per heavy atom. The first kappa shape index (κ1) is 19.2. The summed E-state index contributed by atoms with van der Waals surface area (Å²) in [7, 11) is 1.62. The normalized spacial score (nSPS) is 15.1. The summed E-state index contributed by atoms with van der Waals surface area (Å²) >= 11 is 2.97. The predicted octanol–water partition coefficient (Wildman–Crippen LogP) is 3.94. The van der Waals surface area contributed by atoms with E-state index in [9.17, 15) is 9.59 Å². The fraction of sp³-hybridized carbons (Fsp3) is 0.381. The van der Waals surface area contributed by atoms with Gasteiger partial charge in [0.2, 0.25) is 5.91 Å². The molecule has 1 amide bonds. The first-order chi connectivity index (χ1) is 13.6. The number of nitrogens with zero attached hydrogens (tertiary/aromatic N) is 2. The number of hydrogen-bond donors (Lipinski definition) is 1. The second-order valence-corrected chi connectivity index (χ2v) is 9.38. The highest BCUT2D eigenvalue weighted by atomic mass is 32.2. The molecule has 0 radical (unpaired) electrons. The Kier molecular flexibility index (Phi) is 5.55. The van der Waals surface area contributed by atoms with Gasteiger partial charge < -0.3 is 5.32 Å². The van der Waals surface area contributed by atoms with E-state index in [0.717, 1.165) is 35.2 Å². The van der Waals surface area contributed by atoms with Crippen LogP contribution in [0.15, 0.2) is 40.3 Å². The number of aromatic nitrogens is 2. The fourth-order valence-electron chi connectivity index (χ4n) is 3.66. The van der Waals surface area contributed by atoms with Gasteiger partial charge in [0.05, 0.1) is 16.3 Å². The van der Waals surface area contributed by atoms with Crippen molar-refractivity contribution < 1.29 is 4.79 Å². The Morgan fingerprint density at radius 1 is 1.21 bits per heavy atom. The van der Waals surface area contributed by atoms with Crippen molar-refractivity contribution >= 4 is 39.2 Å². The number of rotatable bonds is 4. The maximum Gasteiger partial charge on any atom is 0.267 e. The molecule has 1 aliphatic carbocycles. The molecule has 1 unspecified atom stereocenters. The molecule has 0 spiro atoms. The largest absolute Gasteiger partial charge is 0.358 e. The van der Waals surface area contributed by atoms with E-state index in [1.807, 2.05) is 37.3 Å². The maximum atomic E-state index is 13.6. The van der Waals surface area contributed by atoms with Crippen molar-refractivity contribution in [3.63, 3.8) is 0 Å². The summed E-state index contributed by atoms with van der Waals surface area (Å²) in [5.74, 6) is -0.0825. The Balaban J connectivity index is 1.94. The summed E-state index contributed by atoms with van der Waals surface area (Å²) in [5.41, 5.74) is 1.94. The summed E-state index contributed by atoms with van der Waals surface area (Å²) in [6.45, 7) is 1.83. The van der Waals surface area contributed by atoms with E-state index in [2.05, 4.69) is 5.32 Å². The van der Waals surface area contributed by atoms with E-state index < -0.39 is 0 Å². The van der Waals surface area contributed by atoms with Crippen LogP contribution in [0, 0.1) is 0 Å². The number of thioether (sulfide) groups is 1. The van der Waals surface area contributed by atoms with Gasteiger partial charge in [0.1, 0.15) is 4.83 Å². The van der Waals surface area contributed by atoms with Gasteiger partial charge in [0.15, 0.2) is 5.16 Å². The van der Waals surface area contributed by atoms with Gasteiger partial charge in [-0.2, -0.15) is 0 Å². The van der Waals surface area contributed by atoms with Crippen LogP contribution in [0.5, 0.6) is 0 Å². The quantitative estimate of drug-likeness (QED) is 0.400. The molecule has 4 rings (SSSR count). The molecule has 1 aromatic carbocycles. The molecule has 0 saturated carbocycles. The van der Waals surface area contributed by atoms with E-state index in [1.54, 1.807) is 23.0 Å². The second kappa shape index (κ2) is 8.09. The number of aryl methyl sites for hydroxylation is 2. The summed E-state index contributed by atoms with van der Waals surface area (Å²) in [6.07, 6.45) is 5.47. The Hall–Kier alpha value is -2.12. The smallest absolute Gasteiger partial charge is 0.267 e. The molecule has 1 N–H and O–H groups in total. The van der Waals surface area contributed by atoms with Crippen LogP contribution in [-0.4, -0.2) is 27.8 Å². The van der Waals surface area contributed by atoms with Gasteiger partial charge >= 0.3 is 0 Å². The first-order valence-corrected chi connectivity index (χ1v) is 11.3. The van der Waals surface area contributed by atoms with Gasteiger partial charge in [0.25, 0.3) is 5.56 Å². The second-order valence-electron chi connectivity index (χ2n) is 6.99. The molecule has 0 bridgehead atoms. The molecular formula is C21H23N3O2S2. The minimum Gasteiger partial charge on any atom is -0.358 e. The van der Waals surface area contributed by atoms with Gasteiger partial charge in [-0.25, -0.2) is 4.98 Å². The molecule has 1 aliphatic rings. The van der Waals surface area contributed by atoms with Crippen molar-refractivity contribution in [1.29, 1.82) is 0 Å². The summed E-state index contributed by atoms with van der Waals surface area (Å²) in [5, 5.41) is 3.66. The van der Waals surface area contributed by atoms with Crippen molar-refractivity contribution in [1.82, 2.24) is 14.9 Å². The number of carbonyl (C=O) groups excluding carboxylic acids is 1. The van der Waals surface area contributed by atoms with E-state index >= 15 is 0 Å². The van der Waals surface area contributed by atoms with Crippen molar-refractivity contribution in [3.8, 4) is 5.69 Å². The molecule has 2 heterocycles. The maximum absolute atomic E-state index is 13.6. The number of benzene rings is 1. The van der Waals surface area contributed by atoms with Crippen molar-refractivity contribution in [2.75, 3.05) is 7.05 Å². The third kappa shape index (κ3) is 3.49. The van der Waals surface area contributed by atoms with E-state index in [-0.39, 0.29) is 16.7 Å². The van der Waals surface area contributed by atoms with Gasteiger partial charge in [-0.1, -0.05) is 36.4 Å². The lowest BCUT2D eigenvalue weighted by Gasteiger charge is -2.15. The van der Waals surface area contributed by atoms with Gasteiger partial charge in [-0.3, -0.25) is 14.2 Å². The number of fused-ring (bicyclic) bond motifs is 3. The molecule has 3 aromatic rings. The van der Waals surface area contributed by atoms with Crippen LogP contribution in [0.4, 0.5) is 0 Å². The Morgan fingerprint density at radius 3 is 2.71 bits per heavy atom. The highest BCUT2D eigenvalue weighted by molar-refractivity contribution is 8.00. The standard InChI is InChI=1S/C21H23N3O2S2/c1-13(18(25)22-2)27-21-23-19-17(15-11-7-4-8-12-16(15)28-19)20(26)24(21)14-9-5-3-6-10-14/h3,5-6,9-10,13H,4,7-8,11-12H2,1-2H3,(H,22,25).